The molecule has 0 radical (unpaired) electrons. The first-order valence-electron chi connectivity index (χ1n) is 15.2. The number of halogens is 3. The Morgan fingerprint density at radius 3 is 2.49 bits per heavy atom. The molecule has 1 amide bonds. The van der Waals surface area contributed by atoms with E-state index in [-0.39, 0.29) is 36.6 Å². The van der Waals surface area contributed by atoms with E-state index >= 15 is 0 Å². The van der Waals surface area contributed by atoms with Crippen molar-refractivity contribution in [2.75, 3.05) is 26.8 Å². The van der Waals surface area contributed by atoms with Crippen molar-refractivity contribution in [1.29, 1.82) is 0 Å². The predicted molar refractivity (Wildman–Crippen MR) is 152 cm³/mol. The highest BCUT2D eigenvalue weighted by Crippen LogP contribution is 2.33. The molecule has 43 heavy (non-hydrogen) atoms. The zero-order valence-corrected chi connectivity index (χ0v) is 24.8. The molecule has 2 saturated heterocycles. The maximum Gasteiger partial charge on any atom is 0.573 e. The Balaban J connectivity index is 1.12. The van der Waals surface area contributed by atoms with E-state index in [0.29, 0.717) is 42.3 Å². The van der Waals surface area contributed by atoms with Gasteiger partial charge in [-0.1, -0.05) is 25.0 Å². The molecule has 1 aromatic carbocycles. The minimum atomic E-state index is -4.73. The molecule has 3 aliphatic rings. The zero-order valence-electron chi connectivity index (χ0n) is 24.8. The summed E-state index contributed by atoms with van der Waals surface area (Å²) < 4.78 is 59.3. The van der Waals surface area contributed by atoms with Gasteiger partial charge in [-0.2, -0.15) is 0 Å². The molecule has 0 bridgehead atoms. The van der Waals surface area contributed by atoms with Crippen LogP contribution in [0.15, 0.2) is 30.6 Å². The van der Waals surface area contributed by atoms with E-state index < -0.39 is 6.36 Å². The number of methoxy groups -OCH3 is 1. The Labute approximate surface area is 250 Å². The van der Waals surface area contributed by atoms with Crippen LogP contribution in [0.25, 0.3) is 0 Å². The van der Waals surface area contributed by atoms with E-state index in [1.54, 1.807) is 26.2 Å². The average Bonchev–Trinajstić information content (AvgIpc) is 3.01. The lowest BCUT2D eigenvalue weighted by atomic mass is 9.90. The fraction of sp³-hybridized carbons (Fsp3) is 0.645. The molecule has 5 rings (SSSR count). The third-order valence-corrected chi connectivity index (χ3v) is 8.72. The van der Waals surface area contributed by atoms with Gasteiger partial charge in [-0.3, -0.25) is 4.79 Å². The van der Waals surface area contributed by atoms with Crippen molar-refractivity contribution in [3.8, 4) is 11.6 Å². The first kappa shape index (κ1) is 31.5. The van der Waals surface area contributed by atoms with Gasteiger partial charge in [0.1, 0.15) is 24.4 Å². The molecule has 3 heterocycles. The number of hydrogen-bond donors (Lipinski definition) is 1. The van der Waals surface area contributed by atoms with Gasteiger partial charge in [0.2, 0.25) is 5.88 Å². The SMILES string of the molecule is CO[C@H]1CCCC[C@H]1NC1CCN(C(=O)c2ncnc(OC[C@H]3CCC[C@@H](c4ccc(OC(F)(F)F)cc4)O3)c2C)CC1. The number of carbonyl (C=O) groups is 1. The minimum Gasteiger partial charge on any atom is -0.475 e. The van der Waals surface area contributed by atoms with Crippen molar-refractivity contribution < 1.29 is 36.9 Å². The van der Waals surface area contributed by atoms with E-state index in [1.807, 2.05) is 4.90 Å². The topological polar surface area (TPSA) is 95.0 Å². The molecule has 1 aliphatic carbocycles. The molecule has 1 saturated carbocycles. The molecule has 1 N–H and O–H groups in total. The van der Waals surface area contributed by atoms with Gasteiger partial charge in [0, 0.05) is 37.8 Å². The fourth-order valence-electron chi connectivity index (χ4n) is 6.39. The second-order valence-corrected chi connectivity index (χ2v) is 11.7. The maximum absolute atomic E-state index is 13.4. The van der Waals surface area contributed by atoms with Gasteiger partial charge in [-0.05, 0) is 69.6 Å². The number of aromatic nitrogens is 2. The summed E-state index contributed by atoms with van der Waals surface area (Å²) >= 11 is 0. The number of hydrogen-bond acceptors (Lipinski definition) is 8. The molecular weight excluding hydrogens is 565 g/mol. The van der Waals surface area contributed by atoms with Crippen molar-refractivity contribution in [2.45, 2.75) is 101 Å². The third-order valence-electron chi connectivity index (χ3n) is 8.72. The summed E-state index contributed by atoms with van der Waals surface area (Å²) in [6.45, 7) is 3.33. The zero-order chi connectivity index (χ0) is 30.4. The highest BCUT2D eigenvalue weighted by molar-refractivity contribution is 5.94. The van der Waals surface area contributed by atoms with Crippen LogP contribution >= 0.6 is 0 Å². The Morgan fingerprint density at radius 2 is 1.77 bits per heavy atom. The molecule has 1 aromatic heterocycles. The number of piperidine rings is 1. The highest BCUT2D eigenvalue weighted by Gasteiger charge is 2.33. The Morgan fingerprint density at radius 1 is 1.02 bits per heavy atom. The Kier molecular flexibility index (Phi) is 10.4. The van der Waals surface area contributed by atoms with E-state index in [1.165, 1.54) is 31.3 Å². The van der Waals surface area contributed by atoms with Gasteiger partial charge in [0.15, 0.2) is 0 Å². The van der Waals surface area contributed by atoms with Gasteiger partial charge in [-0.25, -0.2) is 9.97 Å². The van der Waals surface area contributed by atoms with Crippen LogP contribution in [0.1, 0.15) is 85.5 Å². The number of alkyl halides is 3. The van der Waals surface area contributed by atoms with E-state index in [0.717, 1.165) is 50.5 Å². The highest BCUT2D eigenvalue weighted by atomic mass is 19.4. The molecule has 3 fully saturated rings. The van der Waals surface area contributed by atoms with Crippen LogP contribution in [0.4, 0.5) is 13.2 Å². The molecular formula is C31H41F3N4O5. The van der Waals surface area contributed by atoms with Crippen LogP contribution in [-0.2, 0) is 9.47 Å². The van der Waals surface area contributed by atoms with Gasteiger partial charge >= 0.3 is 6.36 Å². The first-order chi connectivity index (χ1) is 20.7. The minimum absolute atomic E-state index is 0.123. The van der Waals surface area contributed by atoms with Crippen molar-refractivity contribution >= 4 is 5.91 Å². The molecule has 4 atom stereocenters. The molecule has 2 aliphatic heterocycles. The average molecular weight is 607 g/mol. The van der Waals surface area contributed by atoms with E-state index in [4.69, 9.17) is 14.2 Å². The predicted octanol–water partition coefficient (Wildman–Crippen LogP) is 5.52. The maximum atomic E-state index is 13.4. The summed E-state index contributed by atoms with van der Waals surface area (Å²) in [7, 11) is 1.79. The quantitative estimate of drug-likeness (QED) is 0.399. The number of rotatable bonds is 9. The summed E-state index contributed by atoms with van der Waals surface area (Å²) in [6.07, 6.45) is 5.20. The van der Waals surface area contributed by atoms with E-state index in [2.05, 4.69) is 20.0 Å². The van der Waals surface area contributed by atoms with Gasteiger partial charge in [0.05, 0.1) is 18.3 Å². The first-order valence-corrected chi connectivity index (χ1v) is 15.2. The summed E-state index contributed by atoms with van der Waals surface area (Å²) in [6, 6.07) is 6.50. The van der Waals surface area contributed by atoms with Crippen molar-refractivity contribution in [2.24, 2.45) is 0 Å². The number of nitrogens with one attached hydrogen (secondary N) is 1. The summed E-state index contributed by atoms with van der Waals surface area (Å²) in [4.78, 5) is 23.8. The lowest BCUT2D eigenvalue weighted by molar-refractivity contribution is -0.274. The lowest BCUT2D eigenvalue weighted by Crippen LogP contribution is -2.52. The second kappa shape index (κ2) is 14.2. The summed E-state index contributed by atoms with van der Waals surface area (Å²) in [5, 5.41) is 3.78. The molecule has 0 unspecified atom stereocenters. The van der Waals surface area contributed by atoms with Crippen molar-refractivity contribution in [3.63, 3.8) is 0 Å². The fourth-order valence-corrected chi connectivity index (χ4v) is 6.39. The monoisotopic (exact) mass is 606 g/mol. The smallest absolute Gasteiger partial charge is 0.475 e. The number of likely N-dealkylation sites (tertiary alicyclic amines) is 1. The van der Waals surface area contributed by atoms with Crippen LogP contribution in [0.3, 0.4) is 0 Å². The third kappa shape index (κ3) is 8.36. The van der Waals surface area contributed by atoms with Gasteiger partial charge in [-0.15, -0.1) is 13.2 Å². The largest absolute Gasteiger partial charge is 0.573 e. The number of amides is 1. The summed E-state index contributed by atoms with van der Waals surface area (Å²) in [5.41, 5.74) is 1.71. The van der Waals surface area contributed by atoms with Crippen LogP contribution in [0.2, 0.25) is 0 Å². The molecule has 12 heteroatoms. The Hall–Kier alpha value is -2.96. The van der Waals surface area contributed by atoms with Crippen molar-refractivity contribution in [3.05, 3.63) is 47.4 Å². The van der Waals surface area contributed by atoms with Crippen molar-refractivity contribution in [1.82, 2.24) is 20.2 Å². The van der Waals surface area contributed by atoms with Gasteiger partial charge in [0.25, 0.3) is 5.91 Å². The number of nitrogens with zero attached hydrogens (tertiary/aromatic N) is 3. The standard InChI is InChI=1S/C31H41F3N4O5/c1-20-28(30(39)38-16-14-22(15-17-38)37-25-7-3-4-8-27(25)40-2)35-19-36-29(20)41-18-24-6-5-9-26(42-24)21-10-12-23(13-11-21)43-31(32,33)34/h10-13,19,22,24-27,37H,3-9,14-18H2,1-2H3/t24-,25-,26+,27+/m1/s1. The summed E-state index contributed by atoms with van der Waals surface area (Å²) in [5.74, 6) is -0.0445. The molecule has 2 aromatic rings. The van der Waals surface area contributed by atoms with Crippen LogP contribution in [0, 0.1) is 6.92 Å². The molecule has 9 nitrogen and oxygen atoms in total. The second-order valence-electron chi connectivity index (χ2n) is 11.7. The molecule has 0 spiro atoms. The van der Waals surface area contributed by atoms with E-state index in [9.17, 15) is 18.0 Å². The van der Waals surface area contributed by atoms with Crippen LogP contribution < -0.4 is 14.8 Å². The number of carbonyl (C=O) groups excluding carboxylic acids is 1. The number of benzene rings is 1. The van der Waals surface area contributed by atoms with Gasteiger partial charge < -0.3 is 29.2 Å². The van der Waals surface area contributed by atoms with Crippen LogP contribution in [0.5, 0.6) is 11.6 Å². The Bertz CT molecular complexity index is 1210. The molecule has 236 valence electrons. The van der Waals surface area contributed by atoms with Crippen LogP contribution in [-0.4, -0.2) is 78.2 Å². The number of ether oxygens (including phenoxy) is 4. The lowest BCUT2D eigenvalue weighted by Gasteiger charge is -2.38. The normalized spacial score (nSPS) is 25.4.